The van der Waals surface area contributed by atoms with E-state index in [0.717, 1.165) is 33.8 Å². The van der Waals surface area contributed by atoms with Crippen LogP contribution in [0.5, 0.6) is 11.5 Å². The van der Waals surface area contributed by atoms with Gasteiger partial charge in [-0.05, 0) is 46.5 Å². The van der Waals surface area contributed by atoms with Crippen molar-refractivity contribution in [3.63, 3.8) is 0 Å². The highest BCUT2D eigenvalue weighted by molar-refractivity contribution is 5.90. The molecule has 2 saturated heterocycles. The molecule has 0 radical (unpaired) electrons. The van der Waals surface area contributed by atoms with Gasteiger partial charge >= 0.3 is 0 Å². The molecule has 0 N–H and O–H groups in total. The Bertz CT molecular complexity index is 1430. The third-order valence-electron chi connectivity index (χ3n) is 8.34. The molecule has 0 bridgehead atoms. The zero-order chi connectivity index (χ0) is 30.5. The maximum atomic E-state index is 13.5. The molecule has 0 saturated carbocycles. The van der Waals surface area contributed by atoms with Crippen molar-refractivity contribution >= 4 is 11.8 Å². The molecular formula is C36H36N2O6. The maximum absolute atomic E-state index is 13.5. The second kappa shape index (κ2) is 13.3. The summed E-state index contributed by atoms with van der Waals surface area (Å²) in [5.74, 6) is 1.30. The van der Waals surface area contributed by atoms with Crippen molar-refractivity contribution in [2.45, 2.75) is 37.5 Å². The quantitative estimate of drug-likeness (QED) is 0.195. The van der Waals surface area contributed by atoms with Crippen LogP contribution in [-0.4, -0.2) is 61.1 Å². The highest BCUT2D eigenvalue weighted by Gasteiger charge is 2.52. The number of amides is 2. The van der Waals surface area contributed by atoms with Crippen molar-refractivity contribution in [2.75, 3.05) is 27.3 Å². The first-order chi connectivity index (χ1) is 21.6. The molecular weight excluding hydrogens is 556 g/mol. The normalized spacial score (nSPS) is 21.0. The number of rotatable bonds is 13. The summed E-state index contributed by atoms with van der Waals surface area (Å²) in [5, 5.41) is 0. The van der Waals surface area contributed by atoms with Crippen LogP contribution in [0.4, 0.5) is 0 Å². The molecule has 8 heteroatoms. The number of likely N-dealkylation sites (tertiary alicyclic amines) is 2. The minimum absolute atomic E-state index is 0.0902. The Morgan fingerprint density at radius 3 is 1.23 bits per heavy atom. The lowest BCUT2D eigenvalue weighted by Crippen LogP contribution is -2.64. The fourth-order valence-corrected chi connectivity index (χ4v) is 5.90. The molecule has 2 aliphatic heterocycles. The van der Waals surface area contributed by atoms with Gasteiger partial charge in [-0.1, -0.05) is 84.9 Å². The highest BCUT2D eigenvalue weighted by atomic mass is 16.5. The Labute approximate surface area is 257 Å². The summed E-state index contributed by atoms with van der Waals surface area (Å²) in [7, 11) is 3.25. The van der Waals surface area contributed by atoms with Crippen molar-refractivity contribution in [1.29, 1.82) is 0 Å². The lowest BCUT2D eigenvalue weighted by Gasteiger charge is -2.51. The average molecular weight is 593 g/mol. The van der Waals surface area contributed by atoms with E-state index in [1.54, 1.807) is 24.0 Å². The topological polar surface area (TPSA) is 77.5 Å². The van der Waals surface area contributed by atoms with E-state index in [1.165, 1.54) is 0 Å². The molecule has 2 fully saturated rings. The molecule has 0 spiro atoms. The van der Waals surface area contributed by atoms with Gasteiger partial charge in [0, 0.05) is 13.1 Å². The van der Waals surface area contributed by atoms with Crippen LogP contribution in [0.3, 0.4) is 0 Å². The first-order valence-corrected chi connectivity index (χ1v) is 14.8. The number of β-lactam (4-membered cyclic amide) rings is 2. The van der Waals surface area contributed by atoms with Crippen LogP contribution in [-0.2, 0) is 32.3 Å². The molecule has 0 unspecified atom stereocenters. The lowest BCUT2D eigenvalue weighted by atomic mass is 9.88. The maximum Gasteiger partial charge on any atom is 0.254 e. The van der Waals surface area contributed by atoms with Gasteiger partial charge in [-0.15, -0.1) is 0 Å². The molecule has 6 rings (SSSR count). The van der Waals surface area contributed by atoms with E-state index < -0.39 is 12.2 Å². The van der Waals surface area contributed by atoms with Crippen LogP contribution in [0.2, 0.25) is 0 Å². The van der Waals surface area contributed by atoms with Gasteiger partial charge in [0.15, 0.2) is 12.2 Å². The Morgan fingerprint density at radius 2 is 0.886 bits per heavy atom. The van der Waals surface area contributed by atoms with Crippen molar-refractivity contribution in [3.8, 4) is 11.5 Å². The highest BCUT2D eigenvalue weighted by Crippen LogP contribution is 2.41. The number of hydrogen-bond donors (Lipinski definition) is 0. The first kappa shape index (κ1) is 29.4. The molecule has 226 valence electrons. The number of methoxy groups -OCH3 is 2. The Morgan fingerprint density at radius 1 is 0.523 bits per heavy atom. The molecule has 44 heavy (non-hydrogen) atoms. The molecule has 4 atom stereocenters. The first-order valence-electron chi connectivity index (χ1n) is 14.8. The van der Waals surface area contributed by atoms with Gasteiger partial charge in [-0.25, -0.2) is 0 Å². The average Bonchev–Trinajstić information content (AvgIpc) is 3.08. The summed E-state index contributed by atoms with van der Waals surface area (Å²) in [6, 6.07) is 34.5. The number of hydrogen-bond acceptors (Lipinski definition) is 6. The minimum Gasteiger partial charge on any atom is -0.497 e. The number of benzene rings is 4. The van der Waals surface area contributed by atoms with E-state index in [4.69, 9.17) is 18.9 Å². The molecule has 0 aromatic heterocycles. The van der Waals surface area contributed by atoms with Gasteiger partial charge in [0.25, 0.3) is 11.8 Å². The monoisotopic (exact) mass is 592 g/mol. The third kappa shape index (κ3) is 6.04. The van der Waals surface area contributed by atoms with Gasteiger partial charge in [-0.2, -0.15) is 0 Å². The lowest BCUT2D eigenvalue weighted by molar-refractivity contribution is -0.185. The zero-order valence-electron chi connectivity index (χ0n) is 24.9. The third-order valence-corrected chi connectivity index (χ3v) is 8.34. The minimum atomic E-state index is -0.616. The standard InChI is InChI=1S/C36H36N2O6/c1-41-29-17-13-27(14-18-29)31-33(43-23-25-9-5-3-6-10-25)35(39)37(31)21-22-38-32(28-15-19-30(42-2)20-16-28)34(36(38)40)44-24-26-11-7-4-8-12-26/h3-20,31-34H,21-24H2,1-2H3/t31-,32-,33+,34+/m1/s1. The fraction of sp³-hybridized carbons (Fsp3) is 0.278. The largest absolute Gasteiger partial charge is 0.497 e. The number of carbonyl (C=O) groups is 2. The predicted molar refractivity (Wildman–Crippen MR) is 165 cm³/mol. The van der Waals surface area contributed by atoms with Crippen LogP contribution in [0.25, 0.3) is 0 Å². The smallest absolute Gasteiger partial charge is 0.254 e. The van der Waals surface area contributed by atoms with Gasteiger partial charge in [-0.3, -0.25) is 9.59 Å². The SMILES string of the molecule is COc1ccc([C@@H]2[C@H](OCc3ccccc3)C(=O)N2CCN2C(=O)[C@@H](OCc3ccccc3)[C@H]2c2ccc(OC)cc2)cc1. The summed E-state index contributed by atoms with van der Waals surface area (Å²) in [4.78, 5) is 30.5. The second-order valence-electron chi connectivity index (χ2n) is 10.9. The predicted octanol–water partition coefficient (Wildman–Crippen LogP) is 5.34. The Hall–Kier alpha value is -4.66. The second-order valence-corrected chi connectivity index (χ2v) is 10.9. The molecule has 0 aliphatic carbocycles. The van der Waals surface area contributed by atoms with Crippen molar-refractivity contribution in [3.05, 3.63) is 131 Å². The zero-order valence-corrected chi connectivity index (χ0v) is 24.9. The molecule has 2 amide bonds. The fourth-order valence-electron chi connectivity index (χ4n) is 5.90. The van der Waals surface area contributed by atoms with Crippen molar-refractivity contribution in [1.82, 2.24) is 9.80 Å². The molecule has 4 aromatic carbocycles. The van der Waals surface area contributed by atoms with Gasteiger partial charge in [0.05, 0.1) is 39.5 Å². The summed E-state index contributed by atoms with van der Waals surface area (Å²) < 4.78 is 23.0. The van der Waals surface area contributed by atoms with Crippen LogP contribution >= 0.6 is 0 Å². The Balaban J connectivity index is 1.18. The van der Waals surface area contributed by atoms with Gasteiger partial charge in [0.1, 0.15) is 11.5 Å². The van der Waals surface area contributed by atoms with E-state index in [-0.39, 0.29) is 23.9 Å². The van der Waals surface area contributed by atoms with E-state index in [9.17, 15) is 9.59 Å². The number of nitrogens with zero attached hydrogens (tertiary/aromatic N) is 2. The van der Waals surface area contributed by atoms with Crippen LogP contribution in [0.15, 0.2) is 109 Å². The molecule has 8 nitrogen and oxygen atoms in total. The van der Waals surface area contributed by atoms with E-state index >= 15 is 0 Å². The van der Waals surface area contributed by atoms with Crippen LogP contribution < -0.4 is 9.47 Å². The summed E-state index contributed by atoms with van der Waals surface area (Å²) in [5.41, 5.74) is 3.91. The molecule has 4 aromatic rings. The van der Waals surface area contributed by atoms with Crippen molar-refractivity contribution < 1.29 is 28.5 Å². The van der Waals surface area contributed by atoms with Gasteiger partial charge in [0.2, 0.25) is 0 Å². The summed E-state index contributed by atoms with van der Waals surface area (Å²) in [6.45, 7) is 1.40. The van der Waals surface area contributed by atoms with E-state index in [2.05, 4.69) is 0 Å². The Kier molecular flexibility index (Phi) is 8.91. The number of carbonyl (C=O) groups excluding carboxylic acids is 2. The molecule has 2 heterocycles. The van der Waals surface area contributed by atoms with Crippen LogP contribution in [0.1, 0.15) is 34.3 Å². The number of ether oxygens (including phenoxy) is 4. The molecule has 2 aliphatic rings. The van der Waals surface area contributed by atoms with Gasteiger partial charge < -0.3 is 28.7 Å². The summed E-state index contributed by atoms with van der Waals surface area (Å²) >= 11 is 0. The summed E-state index contributed by atoms with van der Waals surface area (Å²) in [6.07, 6.45) is -1.23. The van der Waals surface area contributed by atoms with Crippen molar-refractivity contribution in [2.24, 2.45) is 0 Å². The van der Waals surface area contributed by atoms with E-state index in [0.29, 0.717) is 26.3 Å². The van der Waals surface area contributed by atoms with E-state index in [1.807, 2.05) is 109 Å². The van der Waals surface area contributed by atoms with Crippen LogP contribution in [0, 0.1) is 0 Å².